The first-order valence-corrected chi connectivity index (χ1v) is 6.28. The van der Waals surface area contributed by atoms with Crippen LogP contribution in [0.15, 0.2) is 18.2 Å². The second kappa shape index (κ2) is 4.73. The normalized spacial score (nSPS) is 19.3. The molecular weight excluding hydrogens is 289 g/mol. The number of carbonyl (C=O) groups is 1. The van der Waals surface area contributed by atoms with Crippen molar-refractivity contribution in [3.63, 3.8) is 0 Å². The number of nitrogens with zero attached hydrogens (tertiary/aromatic N) is 2. The highest BCUT2D eigenvalue weighted by molar-refractivity contribution is 5.92. The standard InChI is InChI=1S/C13H11F3N2O3/c14-13(15,16)12-17-9-2-1-7(11(19)20)5-10(9)18(12)8-3-4-21-6-8/h1-2,5,8H,3-4,6H2,(H,19,20). The van der Waals surface area contributed by atoms with Crippen molar-refractivity contribution in [1.82, 2.24) is 9.55 Å². The number of alkyl halides is 3. The predicted molar refractivity (Wildman–Crippen MR) is 66.2 cm³/mol. The number of aromatic carboxylic acids is 1. The third-order valence-electron chi connectivity index (χ3n) is 3.46. The van der Waals surface area contributed by atoms with Gasteiger partial charge in [-0.1, -0.05) is 0 Å². The summed E-state index contributed by atoms with van der Waals surface area (Å²) in [5, 5.41) is 8.99. The number of carboxylic acid groups (broad SMARTS) is 1. The molecule has 112 valence electrons. The molecule has 1 atom stereocenters. The monoisotopic (exact) mass is 300 g/mol. The summed E-state index contributed by atoms with van der Waals surface area (Å²) in [5.74, 6) is -2.21. The zero-order valence-corrected chi connectivity index (χ0v) is 10.7. The van der Waals surface area contributed by atoms with Crippen molar-refractivity contribution in [3.05, 3.63) is 29.6 Å². The molecule has 1 fully saturated rings. The van der Waals surface area contributed by atoms with Crippen LogP contribution in [0.5, 0.6) is 0 Å². The highest BCUT2D eigenvalue weighted by Gasteiger charge is 2.40. The van der Waals surface area contributed by atoms with Crippen LogP contribution in [0, 0.1) is 0 Å². The van der Waals surface area contributed by atoms with Gasteiger partial charge in [0.1, 0.15) is 0 Å². The molecule has 1 saturated heterocycles. The van der Waals surface area contributed by atoms with E-state index in [0.717, 1.165) is 4.57 Å². The summed E-state index contributed by atoms with van der Waals surface area (Å²) >= 11 is 0. The maximum Gasteiger partial charge on any atom is 0.449 e. The minimum absolute atomic E-state index is 0.0729. The molecule has 1 unspecified atom stereocenters. The Hall–Kier alpha value is -2.09. The van der Waals surface area contributed by atoms with Gasteiger partial charge in [0.05, 0.1) is 29.2 Å². The fraction of sp³-hybridized carbons (Fsp3) is 0.385. The molecule has 1 aliphatic heterocycles. The van der Waals surface area contributed by atoms with Crippen molar-refractivity contribution in [1.29, 1.82) is 0 Å². The van der Waals surface area contributed by atoms with E-state index in [-0.39, 0.29) is 23.2 Å². The lowest BCUT2D eigenvalue weighted by molar-refractivity contribution is -0.147. The minimum atomic E-state index is -4.61. The lowest BCUT2D eigenvalue weighted by Crippen LogP contribution is -2.19. The molecule has 1 N–H and O–H groups in total. The fourth-order valence-corrected chi connectivity index (χ4v) is 2.52. The van der Waals surface area contributed by atoms with Crippen LogP contribution in [-0.2, 0) is 10.9 Å². The van der Waals surface area contributed by atoms with Crippen LogP contribution in [0.3, 0.4) is 0 Å². The van der Waals surface area contributed by atoms with Gasteiger partial charge in [-0.25, -0.2) is 9.78 Å². The molecule has 0 amide bonds. The second-order valence-electron chi connectivity index (χ2n) is 4.83. The van der Waals surface area contributed by atoms with Crippen molar-refractivity contribution < 1.29 is 27.8 Å². The fourth-order valence-electron chi connectivity index (χ4n) is 2.52. The van der Waals surface area contributed by atoms with E-state index in [4.69, 9.17) is 9.84 Å². The molecule has 0 spiro atoms. The van der Waals surface area contributed by atoms with Gasteiger partial charge < -0.3 is 14.4 Å². The summed E-state index contributed by atoms with van der Waals surface area (Å²) in [6.45, 7) is 0.534. The van der Waals surface area contributed by atoms with Gasteiger partial charge in [0.15, 0.2) is 0 Å². The predicted octanol–water partition coefficient (Wildman–Crippen LogP) is 2.71. The van der Waals surface area contributed by atoms with E-state index in [1.165, 1.54) is 18.2 Å². The molecule has 1 aromatic heterocycles. The number of imidazole rings is 1. The van der Waals surface area contributed by atoms with Crippen molar-refractivity contribution >= 4 is 17.0 Å². The van der Waals surface area contributed by atoms with Gasteiger partial charge in [-0.15, -0.1) is 0 Å². The van der Waals surface area contributed by atoms with E-state index in [1.807, 2.05) is 0 Å². The Bertz CT molecular complexity index is 702. The largest absolute Gasteiger partial charge is 0.478 e. The summed E-state index contributed by atoms with van der Waals surface area (Å²) in [5.41, 5.74) is 0.216. The topological polar surface area (TPSA) is 64.3 Å². The van der Waals surface area contributed by atoms with Crippen LogP contribution in [0.1, 0.15) is 28.6 Å². The molecule has 1 aliphatic rings. The zero-order valence-electron chi connectivity index (χ0n) is 10.7. The van der Waals surface area contributed by atoms with Gasteiger partial charge in [-0.3, -0.25) is 0 Å². The number of halogens is 3. The Morgan fingerprint density at radius 3 is 2.76 bits per heavy atom. The molecule has 2 heterocycles. The molecule has 0 aliphatic carbocycles. The molecule has 0 saturated carbocycles. The number of rotatable bonds is 2. The van der Waals surface area contributed by atoms with Crippen LogP contribution in [0.2, 0.25) is 0 Å². The first-order valence-electron chi connectivity index (χ1n) is 6.28. The molecule has 3 rings (SSSR count). The van der Waals surface area contributed by atoms with Crippen LogP contribution >= 0.6 is 0 Å². The summed E-state index contributed by atoms with van der Waals surface area (Å²) in [6, 6.07) is 3.27. The van der Waals surface area contributed by atoms with E-state index in [1.54, 1.807) is 0 Å². The number of fused-ring (bicyclic) bond motifs is 1. The van der Waals surface area contributed by atoms with Crippen LogP contribution in [-0.4, -0.2) is 33.8 Å². The maximum absolute atomic E-state index is 13.2. The average Bonchev–Trinajstić information content (AvgIpc) is 3.03. The summed E-state index contributed by atoms with van der Waals surface area (Å²) in [6.07, 6.45) is -4.17. The average molecular weight is 300 g/mol. The first kappa shape index (κ1) is 13.9. The Morgan fingerprint density at radius 1 is 1.43 bits per heavy atom. The van der Waals surface area contributed by atoms with E-state index < -0.39 is 24.0 Å². The van der Waals surface area contributed by atoms with Gasteiger partial charge in [-0.05, 0) is 24.6 Å². The van der Waals surface area contributed by atoms with Gasteiger partial charge in [-0.2, -0.15) is 13.2 Å². The van der Waals surface area contributed by atoms with Crippen molar-refractivity contribution in [2.75, 3.05) is 13.2 Å². The van der Waals surface area contributed by atoms with E-state index in [9.17, 15) is 18.0 Å². The minimum Gasteiger partial charge on any atom is -0.478 e. The highest BCUT2D eigenvalue weighted by Crippen LogP contribution is 2.36. The third-order valence-corrected chi connectivity index (χ3v) is 3.46. The van der Waals surface area contributed by atoms with E-state index in [0.29, 0.717) is 13.0 Å². The number of ether oxygens (including phenoxy) is 1. The Balaban J connectivity index is 2.26. The number of hydrogen-bond donors (Lipinski definition) is 1. The number of carboxylic acids is 1. The lowest BCUT2D eigenvalue weighted by atomic mass is 10.2. The van der Waals surface area contributed by atoms with Gasteiger partial charge in [0, 0.05) is 6.61 Å². The van der Waals surface area contributed by atoms with Gasteiger partial charge >= 0.3 is 12.1 Å². The van der Waals surface area contributed by atoms with Crippen molar-refractivity contribution in [2.24, 2.45) is 0 Å². The Morgan fingerprint density at radius 2 is 2.19 bits per heavy atom. The summed E-state index contributed by atoms with van der Waals surface area (Å²) < 4.78 is 45.7. The van der Waals surface area contributed by atoms with Crippen molar-refractivity contribution in [2.45, 2.75) is 18.6 Å². The quantitative estimate of drug-likeness (QED) is 0.926. The Labute approximate surface area is 117 Å². The zero-order chi connectivity index (χ0) is 15.2. The molecule has 0 bridgehead atoms. The van der Waals surface area contributed by atoms with E-state index >= 15 is 0 Å². The van der Waals surface area contributed by atoms with Crippen LogP contribution in [0.25, 0.3) is 11.0 Å². The van der Waals surface area contributed by atoms with Crippen LogP contribution in [0.4, 0.5) is 13.2 Å². The molecule has 21 heavy (non-hydrogen) atoms. The molecule has 2 aromatic rings. The number of benzene rings is 1. The summed E-state index contributed by atoms with van der Waals surface area (Å²) in [7, 11) is 0. The number of aromatic nitrogens is 2. The molecule has 0 radical (unpaired) electrons. The first-order chi connectivity index (χ1) is 9.88. The third kappa shape index (κ3) is 2.35. The lowest BCUT2D eigenvalue weighted by Gasteiger charge is -2.16. The van der Waals surface area contributed by atoms with E-state index in [2.05, 4.69) is 4.98 Å². The summed E-state index contributed by atoms with van der Waals surface area (Å²) in [4.78, 5) is 14.6. The number of hydrogen-bond acceptors (Lipinski definition) is 3. The van der Waals surface area contributed by atoms with Gasteiger partial charge in [0.25, 0.3) is 0 Å². The van der Waals surface area contributed by atoms with Crippen LogP contribution < -0.4 is 0 Å². The molecule has 8 heteroatoms. The van der Waals surface area contributed by atoms with Crippen molar-refractivity contribution in [3.8, 4) is 0 Å². The second-order valence-corrected chi connectivity index (χ2v) is 4.83. The molecular formula is C13H11F3N2O3. The Kier molecular flexibility index (Phi) is 3.12. The van der Waals surface area contributed by atoms with Gasteiger partial charge in [0.2, 0.25) is 5.82 Å². The highest BCUT2D eigenvalue weighted by atomic mass is 19.4. The molecule has 1 aromatic carbocycles. The SMILES string of the molecule is O=C(O)c1ccc2nc(C(F)(F)F)n(C3CCOC3)c2c1. The smallest absolute Gasteiger partial charge is 0.449 e. The molecule has 5 nitrogen and oxygen atoms in total. The maximum atomic E-state index is 13.2.